The van der Waals surface area contributed by atoms with Crippen LogP contribution in [-0.2, 0) is 0 Å². The van der Waals surface area contributed by atoms with Gasteiger partial charge in [0.1, 0.15) is 11.5 Å². The van der Waals surface area contributed by atoms with E-state index in [9.17, 15) is 0 Å². The Labute approximate surface area is 114 Å². The monoisotopic (exact) mass is 254 g/mol. The fourth-order valence-corrected chi connectivity index (χ4v) is 2.74. The maximum atomic E-state index is 5.47. The Balaban J connectivity index is 1.88. The van der Waals surface area contributed by atoms with Crippen LogP contribution < -0.4 is 9.47 Å². The Kier molecular flexibility index (Phi) is 3.16. The van der Waals surface area contributed by atoms with Crippen LogP contribution in [0.4, 0.5) is 0 Å². The minimum Gasteiger partial charge on any atom is -0.497 e. The summed E-state index contributed by atoms with van der Waals surface area (Å²) in [6.07, 6.45) is 1.19. The van der Waals surface area contributed by atoms with Gasteiger partial charge in [-0.3, -0.25) is 0 Å². The molecule has 98 valence electrons. The highest BCUT2D eigenvalue weighted by Gasteiger charge is 2.41. The number of hydrogen-bond acceptors (Lipinski definition) is 2. The molecule has 0 radical (unpaired) electrons. The van der Waals surface area contributed by atoms with Crippen LogP contribution in [0.2, 0.25) is 0 Å². The summed E-state index contributed by atoms with van der Waals surface area (Å²) < 4.78 is 10.8. The molecule has 2 aromatic carbocycles. The minimum atomic E-state index is 0.549. The van der Waals surface area contributed by atoms with Gasteiger partial charge in [0.2, 0.25) is 0 Å². The van der Waals surface area contributed by atoms with Crippen LogP contribution in [0.3, 0.4) is 0 Å². The lowest BCUT2D eigenvalue weighted by atomic mass is 10.0. The molecule has 0 spiro atoms. The molecule has 1 aliphatic carbocycles. The second kappa shape index (κ2) is 4.96. The molecule has 0 N–H and O–H groups in total. The molecule has 3 rings (SSSR count). The van der Waals surface area contributed by atoms with Crippen LogP contribution >= 0.6 is 0 Å². The first kappa shape index (κ1) is 12.1. The molecule has 0 unspecified atom stereocenters. The van der Waals surface area contributed by atoms with Gasteiger partial charge in [-0.25, -0.2) is 0 Å². The number of hydrogen-bond donors (Lipinski definition) is 0. The molecule has 19 heavy (non-hydrogen) atoms. The summed E-state index contributed by atoms with van der Waals surface area (Å²) in [6.45, 7) is 0. The van der Waals surface area contributed by atoms with Gasteiger partial charge in [-0.15, -0.1) is 0 Å². The summed E-state index contributed by atoms with van der Waals surface area (Å²) in [5, 5.41) is 0. The van der Waals surface area contributed by atoms with E-state index in [1.807, 2.05) is 12.1 Å². The number of rotatable bonds is 4. The van der Waals surface area contributed by atoms with Crippen molar-refractivity contribution in [3.8, 4) is 11.5 Å². The van der Waals surface area contributed by atoms with Crippen LogP contribution in [0.1, 0.15) is 29.4 Å². The van der Waals surface area contributed by atoms with Crippen molar-refractivity contribution in [1.82, 2.24) is 0 Å². The minimum absolute atomic E-state index is 0.549. The van der Waals surface area contributed by atoms with E-state index in [2.05, 4.69) is 36.4 Å². The standard InChI is InChI=1S/C17H18O2/c1-18-13-8-9-17(19-2)16(10-13)15-11-14(15)12-6-4-3-5-7-12/h3-10,14-15H,11H2,1-2H3/t14-,15+/m1/s1. The van der Waals surface area contributed by atoms with Crippen molar-refractivity contribution in [2.75, 3.05) is 14.2 Å². The molecule has 0 amide bonds. The maximum absolute atomic E-state index is 5.47. The van der Waals surface area contributed by atoms with Crippen LogP contribution in [0, 0.1) is 0 Å². The number of methoxy groups -OCH3 is 2. The van der Waals surface area contributed by atoms with Gasteiger partial charge in [-0.2, -0.15) is 0 Å². The van der Waals surface area contributed by atoms with Gasteiger partial charge in [0.25, 0.3) is 0 Å². The quantitative estimate of drug-likeness (QED) is 0.821. The summed E-state index contributed by atoms with van der Waals surface area (Å²) in [7, 11) is 3.43. The first-order chi connectivity index (χ1) is 9.33. The fourth-order valence-electron chi connectivity index (χ4n) is 2.74. The van der Waals surface area contributed by atoms with Gasteiger partial charge >= 0.3 is 0 Å². The van der Waals surface area contributed by atoms with E-state index < -0.39 is 0 Å². The zero-order valence-corrected chi connectivity index (χ0v) is 11.3. The molecule has 1 aliphatic rings. The molecule has 0 aromatic heterocycles. The van der Waals surface area contributed by atoms with Crippen molar-refractivity contribution >= 4 is 0 Å². The van der Waals surface area contributed by atoms with Gasteiger partial charge in [0.15, 0.2) is 0 Å². The van der Waals surface area contributed by atoms with E-state index in [4.69, 9.17) is 9.47 Å². The third kappa shape index (κ3) is 2.30. The Morgan fingerprint density at radius 3 is 2.37 bits per heavy atom. The molecule has 0 heterocycles. The van der Waals surface area contributed by atoms with Crippen LogP contribution in [-0.4, -0.2) is 14.2 Å². The lowest BCUT2D eigenvalue weighted by Crippen LogP contribution is -1.93. The number of benzene rings is 2. The van der Waals surface area contributed by atoms with Gasteiger partial charge < -0.3 is 9.47 Å². The van der Waals surface area contributed by atoms with E-state index in [-0.39, 0.29) is 0 Å². The van der Waals surface area contributed by atoms with E-state index in [1.54, 1.807) is 14.2 Å². The van der Waals surface area contributed by atoms with Crippen LogP contribution in [0.5, 0.6) is 11.5 Å². The molecule has 0 bridgehead atoms. The van der Waals surface area contributed by atoms with E-state index in [0.29, 0.717) is 11.8 Å². The lowest BCUT2D eigenvalue weighted by molar-refractivity contribution is 0.398. The molecule has 2 nitrogen and oxygen atoms in total. The molecule has 2 aromatic rings. The maximum Gasteiger partial charge on any atom is 0.122 e. The van der Waals surface area contributed by atoms with Gasteiger partial charge in [-0.05, 0) is 42.0 Å². The Hall–Kier alpha value is -1.96. The number of ether oxygens (including phenoxy) is 2. The van der Waals surface area contributed by atoms with Crippen LogP contribution in [0.15, 0.2) is 48.5 Å². The van der Waals surface area contributed by atoms with Crippen molar-refractivity contribution in [3.05, 3.63) is 59.7 Å². The molecule has 1 saturated carbocycles. The molecule has 0 saturated heterocycles. The predicted octanol–water partition coefficient (Wildman–Crippen LogP) is 3.97. The highest BCUT2D eigenvalue weighted by atomic mass is 16.5. The topological polar surface area (TPSA) is 18.5 Å². The van der Waals surface area contributed by atoms with Crippen molar-refractivity contribution in [1.29, 1.82) is 0 Å². The summed E-state index contributed by atoms with van der Waals surface area (Å²) in [5.41, 5.74) is 2.67. The molecular weight excluding hydrogens is 236 g/mol. The SMILES string of the molecule is COc1ccc(OC)c([C@H]2C[C@@H]2c2ccccc2)c1. The van der Waals surface area contributed by atoms with E-state index in [0.717, 1.165) is 11.5 Å². The second-order valence-corrected chi connectivity index (χ2v) is 4.97. The lowest BCUT2D eigenvalue weighted by Gasteiger charge is -2.10. The molecular formula is C17H18O2. The Morgan fingerprint density at radius 1 is 0.895 bits per heavy atom. The zero-order valence-electron chi connectivity index (χ0n) is 11.3. The average molecular weight is 254 g/mol. The first-order valence-corrected chi connectivity index (χ1v) is 6.60. The fraction of sp³-hybridized carbons (Fsp3) is 0.294. The Morgan fingerprint density at radius 2 is 1.68 bits per heavy atom. The third-order valence-electron chi connectivity index (χ3n) is 3.85. The summed E-state index contributed by atoms with van der Waals surface area (Å²) in [4.78, 5) is 0. The molecule has 0 aliphatic heterocycles. The van der Waals surface area contributed by atoms with E-state index >= 15 is 0 Å². The highest BCUT2D eigenvalue weighted by molar-refractivity contribution is 5.47. The molecule has 2 atom stereocenters. The first-order valence-electron chi connectivity index (χ1n) is 6.60. The van der Waals surface area contributed by atoms with E-state index in [1.165, 1.54) is 17.5 Å². The summed E-state index contributed by atoms with van der Waals surface area (Å²) in [6, 6.07) is 16.7. The predicted molar refractivity (Wildman–Crippen MR) is 76.1 cm³/mol. The second-order valence-electron chi connectivity index (χ2n) is 4.97. The normalized spacial score (nSPS) is 20.9. The average Bonchev–Trinajstić information content (AvgIpc) is 3.28. The molecule has 2 heteroatoms. The van der Waals surface area contributed by atoms with Gasteiger partial charge in [0, 0.05) is 5.56 Å². The zero-order chi connectivity index (χ0) is 13.2. The van der Waals surface area contributed by atoms with Crippen molar-refractivity contribution in [3.63, 3.8) is 0 Å². The summed E-state index contributed by atoms with van der Waals surface area (Å²) >= 11 is 0. The van der Waals surface area contributed by atoms with Crippen molar-refractivity contribution < 1.29 is 9.47 Å². The molecule has 1 fully saturated rings. The van der Waals surface area contributed by atoms with Crippen molar-refractivity contribution in [2.24, 2.45) is 0 Å². The van der Waals surface area contributed by atoms with Crippen molar-refractivity contribution in [2.45, 2.75) is 18.3 Å². The smallest absolute Gasteiger partial charge is 0.122 e. The largest absolute Gasteiger partial charge is 0.497 e. The summed E-state index contributed by atoms with van der Waals surface area (Å²) in [5.74, 6) is 3.02. The van der Waals surface area contributed by atoms with Gasteiger partial charge in [-0.1, -0.05) is 30.3 Å². The van der Waals surface area contributed by atoms with Crippen LogP contribution in [0.25, 0.3) is 0 Å². The third-order valence-corrected chi connectivity index (χ3v) is 3.85. The highest BCUT2D eigenvalue weighted by Crippen LogP contribution is 2.57. The van der Waals surface area contributed by atoms with Gasteiger partial charge in [0.05, 0.1) is 14.2 Å². The Bertz CT molecular complexity index is 563.